The van der Waals surface area contributed by atoms with Gasteiger partial charge in [-0.2, -0.15) is 17.0 Å². The third-order valence-corrected chi connectivity index (χ3v) is 7.00. The summed E-state index contributed by atoms with van der Waals surface area (Å²) in [6.07, 6.45) is 3.87. The Labute approximate surface area is 172 Å². The van der Waals surface area contributed by atoms with Gasteiger partial charge in [-0.3, -0.25) is 4.79 Å². The number of piperidine rings is 1. The molecule has 1 aliphatic rings. The van der Waals surface area contributed by atoms with Crippen molar-refractivity contribution in [2.45, 2.75) is 38.8 Å². The average molecular weight is 418 g/mol. The fourth-order valence-corrected chi connectivity index (χ4v) is 4.69. The molecule has 0 saturated carbocycles. The van der Waals surface area contributed by atoms with Crippen LogP contribution >= 0.6 is 0 Å². The van der Waals surface area contributed by atoms with Crippen LogP contribution in [0.4, 0.5) is 0 Å². The first-order chi connectivity index (χ1) is 13.8. The van der Waals surface area contributed by atoms with Crippen molar-refractivity contribution in [2.24, 2.45) is 0 Å². The number of rotatable bonds is 6. The zero-order valence-corrected chi connectivity index (χ0v) is 17.8. The molecule has 1 aliphatic heterocycles. The number of hydrogen-bond acceptors (Lipinski definition) is 5. The van der Waals surface area contributed by atoms with Gasteiger partial charge in [-0.1, -0.05) is 36.8 Å². The minimum Gasteiger partial charge on any atom is -0.348 e. The quantitative estimate of drug-likeness (QED) is 0.776. The number of carbonyl (C=O) groups excluding carboxylic acids is 1. The Kier molecular flexibility index (Phi) is 6.61. The zero-order chi connectivity index (χ0) is 21.0. The van der Waals surface area contributed by atoms with E-state index >= 15 is 0 Å². The first-order valence-corrected chi connectivity index (χ1v) is 11.1. The minimum absolute atomic E-state index is 0.251. The summed E-state index contributed by atoms with van der Waals surface area (Å²) in [6.45, 7) is 2.60. The number of aromatic nitrogens is 2. The van der Waals surface area contributed by atoms with Gasteiger partial charge in [0.2, 0.25) is 0 Å². The van der Waals surface area contributed by atoms with Crippen molar-refractivity contribution in [1.82, 2.24) is 23.9 Å². The second-order valence-corrected chi connectivity index (χ2v) is 9.40. The molecule has 0 radical (unpaired) electrons. The molecule has 0 spiro atoms. The van der Waals surface area contributed by atoms with Crippen molar-refractivity contribution in [3.63, 3.8) is 0 Å². The molecule has 1 saturated heterocycles. The van der Waals surface area contributed by atoms with E-state index in [0.29, 0.717) is 36.6 Å². The lowest BCUT2D eigenvalue weighted by Gasteiger charge is -2.35. The van der Waals surface area contributed by atoms with E-state index in [9.17, 15) is 13.2 Å². The molecule has 1 amide bonds. The largest absolute Gasteiger partial charge is 0.348 e. The van der Waals surface area contributed by atoms with E-state index in [1.807, 2.05) is 30.3 Å². The van der Waals surface area contributed by atoms with Crippen LogP contribution in [0, 0.1) is 6.92 Å². The van der Waals surface area contributed by atoms with Crippen LogP contribution in [0.3, 0.4) is 0 Å². The molecule has 1 unspecified atom stereocenters. The SMILES string of the molecule is Cc1nc(C2CCCCN2S(=O)(=O)N(C)C)ncc1C(=O)NCc1ccccc1. The highest BCUT2D eigenvalue weighted by Gasteiger charge is 2.36. The topological polar surface area (TPSA) is 95.5 Å². The fourth-order valence-electron chi connectivity index (χ4n) is 3.39. The van der Waals surface area contributed by atoms with Gasteiger partial charge < -0.3 is 5.32 Å². The van der Waals surface area contributed by atoms with Gasteiger partial charge in [0.25, 0.3) is 16.1 Å². The summed E-state index contributed by atoms with van der Waals surface area (Å²) in [7, 11) is -0.526. The van der Waals surface area contributed by atoms with Crippen molar-refractivity contribution in [2.75, 3.05) is 20.6 Å². The summed E-state index contributed by atoms with van der Waals surface area (Å²) >= 11 is 0. The van der Waals surface area contributed by atoms with Crippen LogP contribution in [-0.4, -0.2) is 53.5 Å². The van der Waals surface area contributed by atoms with E-state index in [1.165, 1.54) is 28.9 Å². The molecular weight excluding hydrogens is 390 g/mol. The number of carbonyl (C=O) groups is 1. The molecule has 0 aliphatic carbocycles. The van der Waals surface area contributed by atoms with Gasteiger partial charge in [-0.15, -0.1) is 0 Å². The maximum Gasteiger partial charge on any atom is 0.282 e. The Morgan fingerprint density at radius 2 is 1.97 bits per heavy atom. The first-order valence-electron chi connectivity index (χ1n) is 9.65. The van der Waals surface area contributed by atoms with Crippen LogP contribution in [-0.2, 0) is 16.8 Å². The summed E-state index contributed by atoms with van der Waals surface area (Å²) in [5.41, 5.74) is 1.93. The summed E-state index contributed by atoms with van der Waals surface area (Å²) in [4.78, 5) is 21.4. The Morgan fingerprint density at radius 3 is 2.62 bits per heavy atom. The Balaban J connectivity index is 1.78. The minimum atomic E-state index is -3.57. The molecular formula is C20H27N5O3S. The van der Waals surface area contributed by atoms with Crippen molar-refractivity contribution in [3.8, 4) is 0 Å². The lowest BCUT2D eigenvalue weighted by atomic mass is 10.0. The Morgan fingerprint density at radius 1 is 1.24 bits per heavy atom. The Bertz CT molecular complexity index is 963. The predicted octanol–water partition coefficient (Wildman–Crippen LogP) is 2.05. The van der Waals surface area contributed by atoms with Gasteiger partial charge in [0.15, 0.2) is 0 Å². The maximum absolute atomic E-state index is 12.7. The van der Waals surface area contributed by atoms with Crippen LogP contribution in [0.25, 0.3) is 0 Å². The van der Waals surface area contributed by atoms with Gasteiger partial charge in [0.1, 0.15) is 5.82 Å². The molecule has 1 fully saturated rings. The molecule has 1 aromatic carbocycles. The van der Waals surface area contributed by atoms with E-state index in [0.717, 1.165) is 18.4 Å². The molecule has 3 rings (SSSR count). The smallest absolute Gasteiger partial charge is 0.282 e. The average Bonchev–Trinajstić information content (AvgIpc) is 2.72. The van der Waals surface area contributed by atoms with Crippen molar-refractivity contribution < 1.29 is 13.2 Å². The van der Waals surface area contributed by atoms with E-state index < -0.39 is 16.3 Å². The van der Waals surface area contributed by atoms with Crippen LogP contribution in [0.5, 0.6) is 0 Å². The normalized spacial score (nSPS) is 18.0. The maximum atomic E-state index is 12.7. The highest BCUT2D eigenvalue weighted by molar-refractivity contribution is 7.86. The lowest BCUT2D eigenvalue weighted by molar-refractivity contribution is 0.0949. The highest BCUT2D eigenvalue weighted by atomic mass is 32.2. The third kappa shape index (κ3) is 4.80. The lowest BCUT2D eigenvalue weighted by Crippen LogP contribution is -2.45. The molecule has 1 atom stereocenters. The molecule has 1 N–H and O–H groups in total. The number of amides is 1. The van der Waals surface area contributed by atoms with Gasteiger partial charge in [-0.25, -0.2) is 9.97 Å². The standard InChI is InChI=1S/C20H27N5O3S/c1-15-17(20(26)22-13-16-9-5-4-6-10-16)14-21-19(23-15)18-11-7-8-12-25(18)29(27,28)24(2)3/h4-6,9-10,14,18H,7-8,11-13H2,1-3H3,(H,22,26). The molecule has 9 heteroatoms. The molecule has 29 heavy (non-hydrogen) atoms. The summed E-state index contributed by atoms with van der Waals surface area (Å²) in [5.74, 6) is 0.187. The number of benzene rings is 1. The number of nitrogens with one attached hydrogen (secondary N) is 1. The monoisotopic (exact) mass is 417 g/mol. The van der Waals surface area contributed by atoms with Crippen LogP contribution in [0.1, 0.15) is 52.7 Å². The van der Waals surface area contributed by atoms with E-state index in [4.69, 9.17) is 0 Å². The van der Waals surface area contributed by atoms with Gasteiger partial charge >= 0.3 is 0 Å². The summed E-state index contributed by atoms with van der Waals surface area (Å²) in [5, 5.41) is 2.87. The van der Waals surface area contributed by atoms with E-state index in [1.54, 1.807) is 6.92 Å². The first kappa shape index (κ1) is 21.4. The van der Waals surface area contributed by atoms with Crippen molar-refractivity contribution in [3.05, 3.63) is 59.2 Å². The predicted molar refractivity (Wildman–Crippen MR) is 110 cm³/mol. The molecule has 1 aromatic heterocycles. The van der Waals surface area contributed by atoms with Gasteiger partial charge in [-0.05, 0) is 25.3 Å². The zero-order valence-electron chi connectivity index (χ0n) is 17.0. The highest BCUT2D eigenvalue weighted by Crippen LogP contribution is 2.32. The van der Waals surface area contributed by atoms with Crippen LogP contribution < -0.4 is 5.32 Å². The second-order valence-electron chi connectivity index (χ2n) is 7.31. The van der Waals surface area contributed by atoms with Gasteiger partial charge in [0.05, 0.1) is 17.3 Å². The fraction of sp³-hybridized carbons (Fsp3) is 0.450. The van der Waals surface area contributed by atoms with Crippen LogP contribution in [0.2, 0.25) is 0 Å². The number of aryl methyl sites for hydroxylation is 1. The summed E-state index contributed by atoms with van der Waals surface area (Å²) in [6, 6.07) is 9.22. The van der Waals surface area contributed by atoms with Crippen LogP contribution in [0.15, 0.2) is 36.5 Å². The van der Waals surface area contributed by atoms with Crippen molar-refractivity contribution in [1.29, 1.82) is 0 Å². The van der Waals surface area contributed by atoms with E-state index in [-0.39, 0.29) is 5.91 Å². The molecule has 0 bridgehead atoms. The Hall–Kier alpha value is -2.36. The second kappa shape index (κ2) is 8.98. The third-order valence-electron chi connectivity index (χ3n) is 5.05. The summed E-state index contributed by atoms with van der Waals surface area (Å²) < 4.78 is 28.0. The molecule has 156 valence electrons. The van der Waals surface area contributed by atoms with E-state index in [2.05, 4.69) is 15.3 Å². The molecule has 2 aromatic rings. The molecule has 2 heterocycles. The van der Waals surface area contributed by atoms with Crippen molar-refractivity contribution >= 4 is 16.1 Å². The number of nitrogens with zero attached hydrogens (tertiary/aromatic N) is 4. The number of hydrogen-bond donors (Lipinski definition) is 1. The van der Waals surface area contributed by atoms with Gasteiger partial charge in [0, 0.05) is 33.4 Å². The molecule has 8 nitrogen and oxygen atoms in total.